The Balaban J connectivity index is 0.685. The summed E-state index contributed by atoms with van der Waals surface area (Å²) in [6, 6.07) is 18.6. The van der Waals surface area contributed by atoms with E-state index in [9.17, 15) is 24.0 Å². The predicted molar refractivity (Wildman–Crippen MR) is 277 cm³/mol. The minimum absolute atomic E-state index is 0.0161. The molecule has 4 fully saturated rings. The van der Waals surface area contributed by atoms with Crippen LogP contribution >= 0.6 is 11.8 Å². The molecule has 4 aliphatic rings. The molecule has 2 aromatic carbocycles. The van der Waals surface area contributed by atoms with Crippen molar-refractivity contribution in [3.05, 3.63) is 83.2 Å². The molecule has 3 aromatic rings. The topological polar surface area (TPSA) is 244 Å². The van der Waals surface area contributed by atoms with Crippen LogP contribution in [-0.2, 0) is 35.1 Å². The average Bonchev–Trinajstić information content (AvgIpc) is 3.98. The number of anilines is 1. The van der Waals surface area contributed by atoms with Crippen LogP contribution in [0.2, 0.25) is 0 Å². The number of carbonyl (C=O) groups excluding carboxylic acids is 5. The standard InChI is InChI=1S/C53H71N9O11S/c1-68-42-11-13-46(73-41-16-22-62(23-17-41)52(66)43-12-10-39(34-56-43)51(65)57-40-14-20-61(21-15-40)35-38-8-6-37(33-54)7-9-38)44(32-42)58-49(64)18-24-69-26-28-71-30-31-72-29-27-70-25-19-55-48(63)5-3-2-4-47-50-45(36-74-47)59-53(67)60-50/h6-13,32,34,40-41,45,47,50H,2-5,14-31,35-36H2,1H3,(H,55,63)(H,57,65)(H,58,64)(H2,59,60,67)/t45-,47?,50-/m0/s1. The monoisotopic (exact) mass is 1040 g/mol. The van der Waals surface area contributed by atoms with E-state index in [1.54, 1.807) is 42.3 Å². The lowest BCUT2D eigenvalue weighted by Gasteiger charge is -2.32. The molecule has 0 saturated carbocycles. The number of rotatable bonds is 29. The molecule has 7 rings (SSSR count). The van der Waals surface area contributed by atoms with Gasteiger partial charge < -0.3 is 59.9 Å². The highest BCUT2D eigenvalue weighted by Crippen LogP contribution is 2.34. The number of fused-ring (bicyclic) bond motifs is 1. The van der Waals surface area contributed by atoms with Crippen LogP contribution in [0.25, 0.3) is 0 Å². The number of piperidine rings is 2. The third-order valence-electron chi connectivity index (χ3n) is 13.4. The first-order valence-electron chi connectivity index (χ1n) is 25.8. The molecular formula is C53H71N9O11S. The van der Waals surface area contributed by atoms with Crippen molar-refractivity contribution in [2.75, 3.05) is 104 Å². The average molecular weight is 1040 g/mol. The quantitative estimate of drug-likeness (QED) is 0.0482. The number of ether oxygens (including phenoxy) is 6. The lowest BCUT2D eigenvalue weighted by atomic mass is 10.0. The summed E-state index contributed by atoms with van der Waals surface area (Å²) in [5.74, 6) is 1.34. The number of unbranched alkanes of at least 4 members (excludes halogenated alkanes) is 1. The van der Waals surface area contributed by atoms with Crippen molar-refractivity contribution >= 4 is 47.1 Å². The molecule has 0 spiro atoms. The zero-order valence-corrected chi connectivity index (χ0v) is 43.1. The lowest BCUT2D eigenvalue weighted by molar-refractivity contribution is -0.121. The van der Waals surface area contributed by atoms with Crippen molar-refractivity contribution < 1.29 is 52.4 Å². The number of hydrogen-bond acceptors (Lipinski definition) is 15. The Bertz CT molecular complexity index is 2320. The molecule has 400 valence electrons. The van der Waals surface area contributed by atoms with Crippen molar-refractivity contribution in [3.8, 4) is 17.6 Å². The fourth-order valence-corrected chi connectivity index (χ4v) is 10.8. The van der Waals surface area contributed by atoms with Crippen molar-refractivity contribution in [2.45, 2.75) is 93.8 Å². The zero-order valence-electron chi connectivity index (χ0n) is 42.3. The first-order valence-corrected chi connectivity index (χ1v) is 26.9. The van der Waals surface area contributed by atoms with E-state index in [-0.39, 0.29) is 72.6 Å². The molecule has 3 atom stereocenters. The molecule has 5 N–H and O–H groups in total. The molecule has 1 unspecified atom stereocenters. The highest BCUT2D eigenvalue weighted by molar-refractivity contribution is 8.00. The fourth-order valence-electron chi connectivity index (χ4n) is 9.22. The predicted octanol–water partition coefficient (Wildman–Crippen LogP) is 4.28. The van der Waals surface area contributed by atoms with E-state index < -0.39 is 0 Å². The highest BCUT2D eigenvalue weighted by atomic mass is 32.2. The number of methoxy groups -OCH3 is 1. The van der Waals surface area contributed by atoms with Gasteiger partial charge in [-0.3, -0.25) is 29.1 Å². The van der Waals surface area contributed by atoms with Crippen LogP contribution in [0.3, 0.4) is 0 Å². The number of thioether (sulfide) groups is 1. The first-order chi connectivity index (χ1) is 36.1. The number of hydrogen-bond donors (Lipinski definition) is 5. The number of likely N-dealkylation sites (tertiary alicyclic amines) is 2. The molecule has 5 heterocycles. The van der Waals surface area contributed by atoms with Crippen LogP contribution in [-0.4, -0.2) is 172 Å². The second-order valence-electron chi connectivity index (χ2n) is 18.7. The number of nitrogens with zero attached hydrogens (tertiary/aromatic N) is 4. The summed E-state index contributed by atoms with van der Waals surface area (Å²) in [6.07, 6.45) is 7.40. The molecule has 20 nitrogen and oxygen atoms in total. The fraction of sp³-hybridized carbons (Fsp3) is 0.566. The first kappa shape index (κ1) is 55.7. The van der Waals surface area contributed by atoms with Crippen molar-refractivity contribution in [1.82, 2.24) is 36.1 Å². The maximum Gasteiger partial charge on any atom is 0.315 e. The highest BCUT2D eigenvalue weighted by Gasteiger charge is 2.42. The number of benzene rings is 2. The van der Waals surface area contributed by atoms with Crippen LogP contribution < -0.4 is 36.1 Å². The van der Waals surface area contributed by atoms with Gasteiger partial charge in [0, 0.05) is 87.8 Å². The SMILES string of the molecule is COc1ccc(OC2CCN(C(=O)c3ccc(C(=O)NC4CCN(Cc5ccc(C#N)cc5)CC4)cn3)CC2)c(NC(=O)CCOCCOCCOCCOCCNC(=O)CCCCC2SC[C@@H]3NC(=O)N[C@H]23)c1. The Morgan fingerprint density at radius 1 is 0.811 bits per heavy atom. The lowest BCUT2D eigenvalue weighted by Crippen LogP contribution is -2.44. The number of pyridine rings is 1. The van der Waals surface area contributed by atoms with E-state index in [0.29, 0.717) is 119 Å². The van der Waals surface area contributed by atoms with Gasteiger partial charge in [-0.1, -0.05) is 18.6 Å². The van der Waals surface area contributed by atoms with Gasteiger partial charge in [-0.25, -0.2) is 4.79 Å². The smallest absolute Gasteiger partial charge is 0.315 e. The number of carbonyl (C=O) groups is 5. The number of amides is 6. The van der Waals surface area contributed by atoms with Crippen molar-refractivity contribution in [3.63, 3.8) is 0 Å². The summed E-state index contributed by atoms with van der Waals surface area (Å²) >= 11 is 1.89. The maximum absolute atomic E-state index is 13.4. The van der Waals surface area contributed by atoms with Crippen LogP contribution in [0, 0.1) is 11.3 Å². The number of nitrogens with one attached hydrogen (secondary N) is 5. The molecule has 6 amide bonds. The Labute approximate surface area is 437 Å². The molecular weight excluding hydrogens is 971 g/mol. The summed E-state index contributed by atoms with van der Waals surface area (Å²) in [6.45, 7) is 6.72. The number of nitriles is 1. The van der Waals surface area contributed by atoms with E-state index >= 15 is 0 Å². The molecule has 21 heteroatoms. The Morgan fingerprint density at radius 3 is 2.22 bits per heavy atom. The minimum atomic E-state index is -0.251. The Morgan fingerprint density at radius 2 is 1.53 bits per heavy atom. The molecule has 1 aromatic heterocycles. The van der Waals surface area contributed by atoms with E-state index in [1.807, 2.05) is 36.0 Å². The van der Waals surface area contributed by atoms with Gasteiger partial charge in [-0.15, -0.1) is 0 Å². The molecule has 74 heavy (non-hydrogen) atoms. The van der Waals surface area contributed by atoms with Crippen LogP contribution in [0.4, 0.5) is 10.5 Å². The number of aromatic nitrogens is 1. The van der Waals surface area contributed by atoms with Gasteiger partial charge >= 0.3 is 6.03 Å². The van der Waals surface area contributed by atoms with Crippen molar-refractivity contribution in [2.24, 2.45) is 0 Å². The molecule has 0 aliphatic carbocycles. The molecule has 0 radical (unpaired) electrons. The summed E-state index contributed by atoms with van der Waals surface area (Å²) < 4.78 is 34.1. The van der Waals surface area contributed by atoms with Gasteiger partial charge in [-0.05, 0) is 67.6 Å². The normalized spacial score (nSPS) is 18.9. The second-order valence-corrected chi connectivity index (χ2v) is 20.0. The van der Waals surface area contributed by atoms with Crippen molar-refractivity contribution in [1.29, 1.82) is 5.26 Å². The molecule has 4 aliphatic heterocycles. The van der Waals surface area contributed by atoms with E-state index in [4.69, 9.17) is 33.7 Å². The van der Waals surface area contributed by atoms with Gasteiger partial charge in [0.2, 0.25) is 11.8 Å². The summed E-state index contributed by atoms with van der Waals surface area (Å²) in [5, 5.41) is 24.3. The van der Waals surface area contributed by atoms with Gasteiger partial charge in [-0.2, -0.15) is 17.0 Å². The Hall–Kier alpha value is -6.02. The van der Waals surface area contributed by atoms with Gasteiger partial charge in [0.15, 0.2) is 0 Å². The van der Waals surface area contributed by atoms with Gasteiger partial charge in [0.1, 0.15) is 23.3 Å². The third-order valence-corrected chi connectivity index (χ3v) is 14.9. The summed E-state index contributed by atoms with van der Waals surface area (Å²) in [7, 11) is 1.55. The Kier molecular flexibility index (Phi) is 22.4. The molecule has 4 saturated heterocycles. The number of urea groups is 1. The summed E-state index contributed by atoms with van der Waals surface area (Å²) in [5.41, 5.74) is 2.95. The van der Waals surface area contributed by atoms with E-state index in [0.717, 1.165) is 63.1 Å². The minimum Gasteiger partial charge on any atom is -0.497 e. The second kappa shape index (κ2) is 29.8. The van der Waals surface area contributed by atoms with Gasteiger partial charge in [0.05, 0.1) is 101 Å². The van der Waals surface area contributed by atoms with Crippen LogP contribution in [0.5, 0.6) is 11.5 Å². The molecule has 0 bridgehead atoms. The van der Waals surface area contributed by atoms with Gasteiger partial charge in [0.25, 0.3) is 11.8 Å². The van der Waals surface area contributed by atoms with E-state index in [2.05, 4.69) is 42.5 Å². The summed E-state index contributed by atoms with van der Waals surface area (Å²) in [4.78, 5) is 71.6. The van der Waals surface area contributed by atoms with Crippen LogP contribution in [0.15, 0.2) is 60.8 Å². The maximum atomic E-state index is 13.4. The largest absolute Gasteiger partial charge is 0.497 e. The van der Waals surface area contributed by atoms with Crippen LogP contribution in [0.1, 0.15) is 89.8 Å². The third kappa shape index (κ3) is 17.8. The van der Waals surface area contributed by atoms with E-state index in [1.165, 1.54) is 6.20 Å². The zero-order chi connectivity index (χ0) is 51.9.